The molecule has 0 aromatic heterocycles. The number of ether oxygens (including phenoxy) is 2. The fraction of sp³-hybridized carbons (Fsp3) is 0.130. The van der Waals surface area contributed by atoms with Crippen LogP contribution in [0.1, 0.15) is 31.4 Å². The van der Waals surface area contributed by atoms with Crippen LogP contribution >= 0.6 is 0 Å². The molecule has 2 bridgehead atoms. The van der Waals surface area contributed by atoms with Crippen LogP contribution in [0.3, 0.4) is 0 Å². The standard InChI is InChI=1S/C23H18O7/c1-11(2)21(27)29-23(30-22(28)12(3)4)15-9-10-16(24)18-17(15)19(25)13-5-7-14(8-6-13)20(18)26/h5-8,10,24H,1,3,9H2,2,4H3. The van der Waals surface area contributed by atoms with E-state index in [4.69, 9.17) is 9.47 Å². The molecule has 7 nitrogen and oxygen atoms in total. The largest absolute Gasteiger partial charge is 0.507 e. The summed E-state index contributed by atoms with van der Waals surface area (Å²) in [6, 6.07) is 5.92. The fourth-order valence-electron chi connectivity index (χ4n) is 2.90. The van der Waals surface area contributed by atoms with Gasteiger partial charge in [0.05, 0.1) is 5.56 Å². The van der Waals surface area contributed by atoms with Gasteiger partial charge in [-0.25, -0.2) is 9.59 Å². The number of rotatable bonds is 4. The molecule has 30 heavy (non-hydrogen) atoms. The number of carbonyl (C=O) groups excluding carboxylic acids is 2. The summed E-state index contributed by atoms with van der Waals surface area (Å²) in [5, 5.41) is 10.9. The number of aliphatic hydroxyl groups is 1. The van der Waals surface area contributed by atoms with Gasteiger partial charge in [0.2, 0.25) is 0 Å². The van der Waals surface area contributed by atoms with Crippen molar-refractivity contribution in [2.45, 2.75) is 20.3 Å². The van der Waals surface area contributed by atoms with Crippen LogP contribution in [-0.2, 0) is 19.1 Å². The van der Waals surface area contributed by atoms with Crippen molar-refractivity contribution in [2.24, 2.45) is 0 Å². The summed E-state index contributed by atoms with van der Waals surface area (Å²) in [5.41, 5.74) is -1.59. The van der Waals surface area contributed by atoms with Crippen LogP contribution in [0.25, 0.3) is 22.1 Å². The number of esters is 2. The van der Waals surface area contributed by atoms with Gasteiger partial charge in [-0.15, -0.1) is 0 Å². The van der Waals surface area contributed by atoms with Crippen molar-refractivity contribution in [3.05, 3.63) is 92.2 Å². The van der Waals surface area contributed by atoms with E-state index in [-0.39, 0.29) is 50.8 Å². The molecular weight excluding hydrogens is 388 g/mol. The molecule has 0 amide bonds. The van der Waals surface area contributed by atoms with Crippen molar-refractivity contribution in [2.75, 3.05) is 0 Å². The van der Waals surface area contributed by atoms with Gasteiger partial charge in [0, 0.05) is 39.5 Å². The number of fused-ring (bicyclic) bond motifs is 2. The van der Waals surface area contributed by atoms with Crippen molar-refractivity contribution in [3.8, 4) is 0 Å². The van der Waals surface area contributed by atoms with Crippen LogP contribution in [0.2, 0.25) is 0 Å². The Balaban J connectivity index is 2.41. The highest BCUT2D eigenvalue weighted by Gasteiger charge is 2.29. The van der Waals surface area contributed by atoms with Gasteiger partial charge in [0.15, 0.2) is 10.9 Å². The second kappa shape index (κ2) is 7.79. The summed E-state index contributed by atoms with van der Waals surface area (Å²) < 4.78 is 10.4. The third kappa shape index (κ3) is 3.65. The molecule has 4 rings (SSSR count). The molecule has 0 fully saturated rings. The predicted octanol–water partition coefficient (Wildman–Crippen LogP) is 3.21. The molecule has 1 aliphatic carbocycles. The Kier molecular flexibility index (Phi) is 5.38. The van der Waals surface area contributed by atoms with Crippen molar-refractivity contribution in [1.29, 1.82) is 0 Å². The summed E-state index contributed by atoms with van der Waals surface area (Å²) in [4.78, 5) is 50.4. The Hall–Kier alpha value is -4.00. The minimum Gasteiger partial charge on any atom is -0.507 e. The zero-order valence-electron chi connectivity index (χ0n) is 16.4. The van der Waals surface area contributed by atoms with Gasteiger partial charge in [-0.05, 0) is 19.9 Å². The molecule has 3 aromatic rings. The predicted molar refractivity (Wildman–Crippen MR) is 112 cm³/mol. The van der Waals surface area contributed by atoms with Crippen LogP contribution in [0.15, 0.2) is 70.2 Å². The molecule has 1 aliphatic rings. The van der Waals surface area contributed by atoms with Gasteiger partial charge >= 0.3 is 11.9 Å². The number of aliphatic hydroxyl groups excluding tert-OH is 1. The average Bonchev–Trinajstić information content (AvgIpc) is 2.71. The normalized spacial score (nSPS) is 12.6. The van der Waals surface area contributed by atoms with Crippen LogP contribution in [0.4, 0.5) is 0 Å². The Morgan fingerprint density at radius 1 is 0.867 bits per heavy atom. The zero-order valence-corrected chi connectivity index (χ0v) is 16.4. The maximum atomic E-state index is 13.2. The van der Waals surface area contributed by atoms with E-state index in [0.29, 0.717) is 0 Å². The Morgan fingerprint density at radius 3 is 1.73 bits per heavy atom. The lowest BCUT2D eigenvalue weighted by Crippen LogP contribution is -2.23. The Morgan fingerprint density at radius 2 is 1.30 bits per heavy atom. The fourth-order valence-corrected chi connectivity index (χ4v) is 2.90. The van der Waals surface area contributed by atoms with E-state index in [1.54, 1.807) is 0 Å². The number of hydrogen-bond donors (Lipinski definition) is 1. The monoisotopic (exact) mass is 406 g/mol. The molecule has 152 valence electrons. The maximum Gasteiger partial charge on any atom is 0.340 e. The first kappa shape index (κ1) is 20.7. The first-order valence-corrected chi connectivity index (χ1v) is 8.94. The van der Waals surface area contributed by atoms with E-state index >= 15 is 0 Å². The summed E-state index contributed by atoms with van der Waals surface area (Å²) >= 11 is 0. The number of carbonyl (C=O) groups is 2. The van der Waals surface area contributed by atoms with E-state index in [2.05, 4.69) is 13.2 Å². The highest BCUT2D eigenvalue weighted by molar-refractivity contribution is 5.93. The summed E-state index contributed by atoms with van der Waals surface area (Å²) in [5.74, 6) is -2.73. The minimum absolute atomic E-state index is 0.0206. The van der Waals surface area contributed by atoms with E-state index in [1.165, 1.54) is 44.2 Å². The quantitative estimate of drug-likeness (QED) is 0.472. The lowest BCUT2D eigenvalue weighted by molar-refractivity contribution is -0.148. The summed E-state index contributed by atoms with van der Waals surface area (Å²) in [6.45, 7) is 9.76. The molecule has 3 aromatic carbocycles. The van der Waals surface area contributed by atoms with E-state index in [9.17, 15) is 24.3 Å². The second-order valence-corrected chi connectivity index (χ2v) is 6.88. The molecule has 0 heterocycles. The maximum absolute atomic E-state index is 13.2. The van der Waals surface area contributed by atoms with E-state index < -0.39 is 28.7 Å². The van der Waals surface area contributed by atoms with Crippen molar-refractivity contribution in [1.82, 2.24) is 0 Å². The zero-order chi connectivity index (χ0) is 22.2. The molecule has 0 saturated heterocycles. The first-order valence-electron chi connectivity index (χ1n) is 8.94. The van der Waals surface area contributed by atoms with Crippen LogP contribution < -0.4 is 10.9 Å². The van der Waals surface area contributed by atoms with Crippen LogP contribution in [-0.4, -0.2) is 17.0 Å². The molecule has 0 spiro atoms. The average molecular weight is 406 g/mol. The van der Waals surface area contributed by atoms with Crippen molar-refractivity contribution in [3.63, 3.8) is 0 Å². The number of benzene rings is 1. The summed E-state index contributed by atoms with van der Waals surface area (Å²) in [7, 11) is 0. The first-order chi connectivity index (χ1) is 14.1. The van der Waals surface area contributed by atoms with Crippen molar-refractivity contribution >= 4 is 34.0 Å². The number of hydrogen-bond acceptors (Lipinski definition) is 7. The van der Waals surface area contributed by atoms with Gasteiger partial charge in [0.25, 0.3) is 5.95 Å². The Bertz CT molecular complexity index is 1240. The lowest BCUT2D eigenvalue weighted by Gasteiger charge is -2.19. The van der Waals surface area contributed by atoms with Crippen LogP contribution in [0.5, 0.6) is 0 Å². The van der Waals surface area contributed by atoms with Crippen LogP contribution in [0, 0.1) is 0 Å². The van der Waals surface area contributed by atoms with Gasteiger partial charge in [-0.2, -0.15) is 0 Å². The molecule has 0 aliphatic heterocycles. The molecule has 0 radical (unpaired) electrons. The topological polar surface area (TPSA) is 107 Å². The highest BCUT2D eigenvalue weighted by atomic mass is 16.7. The smallest absolute Gasteiger partial charge is 0.340 e. The molecular formula is C23H18O7. The number of allylic oxidation sites excluding steroid dienone is 2. The van der Waals surface area contributed by atoms with Gasteiger partial charge in [-0.1, -0.05) is 37.4 Å². The molecule has 0 unspecified atom stereocenters. The van der Waals surface area contributed by atoms with E-state index in [0.717, 1.165) is 0 Å². The SMILES string of the molecule is C=C(C)C(=O)OC(OC(=O)C(=C)C)=C1CC=C(O)c2c1c(=O)c1ccc(cc1)c2=O. The Labute approximate surface area is 171 Å². The third-order valence-electron chi connectivity index (χ3n) is 4.48. The van der Waals surface area contributed by atoms with Crippen molar-refractivity contribution < 1.29 is 24.2 Å². The highest BCUT2D eigenvalue weighted by Crippen LogP contribution is 2.32. The molecule has 1 N–H and O–H groups in total. The lowest BCUT2D eigenvalue weighted by atomic mass is 9.89. The molecule has 0 saturated carbocycles. The molecule has 7 heteroatoms. The summed E-state index contributed by atoms with van der Waals surface area (Å²) in [6.07, 6.45) is 1.15. The second-order valence-electron chi connectivity index (χ2n) is 6.88. The van der Waals surface area contributed by atoms with Gasteiger partial charge in [0.1, 0.15) is 5.76 Å². The minimum atomic E-state index is -0.888. The van der Waals surface area contributed by atoms with Gasteiger partial charge in [-0.3, -0.25) is 9.59 Å². The molecule has 0 atom stereocenters. The van der Waals surface area contributed by atoms with E-state index in [1.807, 2.05) is 0 Å². The van der Waals surface area contributed by atoms with Gasteiger partial charge < -0.3 is 14.6 Å². The third-order valence-corrected chi connectivity index (χ3v) is 4.48.